The first-order valence-electron chi connectivity index (χ1n) is 8.71. The number of aromatic nitrogens is 2. The Bertz CT molecular complexity index is 966. The molecule has 0 amide bonds. The van der Waals surface area contributed by atoms with E-state index in [1.807, 2.05) is 59.3 Å². The van der Waals surface area contributed by atoms with E-state index in [1.54, 1.807) is 24.3 Å². The number of nitrogens with zero attached hydrogens (tertiary/aromatic N) is 2. The molecule has 0 fully saturated rings. The van der Waals surface area contributed by atoms with Gasteiger partial charge in [0.05, 0.1) is 11.4 Å². The molecule has 0 saturated heterocycles. The van der Waals surface area contributed by atoms with Gasteiger partial charge in [-0.05, 0) is 42.5 Å². The number of carbonyl (C=O) groups is 1. The maximum Gasteiger partial charge on any atom is 0.150 e. The summed E-state index contributed by atoms with van der Waals surface area (Å²) in [6.45, 7) is 0.347. The Hall–Kier alpha value is -3.66. The van der Waals surface area contributed by atoms with Crippen molar-refractivity contribution in [2.75, 3.05) is 0 Å². The van der Waals surface area contributed by atoms with Crippen molar-refractivity contribution in [1.29, 1.82) is 0 Å². The smallest absolute Gasteiger partial charge is 0.150 e. The van der Waals surface area contributed by atoms with Gasteiger partial charge in [0.15, 0.2) is 0 Å². The molecule has 1 heterocycles. The van der Waals surface area contributed by atoms with Gasteiger partial charge in [-0.15, -0.1) is 0 Å². The third-order valence-electron chi connectivity index (χ3n) is 4.23. The highest BCUT2D eigenvalue weighted by atomic mass is 16.5. The van der Waals surface area contributed by atoms with Crippen molar-refractivity contribution in [3.63, 3.8) is 0 Å². The number of benzene rings is 3. The van der Waals surface area contributed by atoms with E-state index in [9.17, 15) is 4.79 Å². The average Bonchev–Trinajstić information content (AvgIpc) is 3.18. The van der Waals surface area contributed by atoms with Crippen LogP contribution in [0.1, 0.15) is 16.1 Å². The topological polar surface area (TPSA) is 44.1 Å². The van der Waals surface area contributed by atoms with E-state index in [0.29, 0.717) is 17.9 Å². The summed E-state index contributed by atoms with van der Waals surface area (Å²) >= 11 is 0. The van der Waals surface area contributed by atoms with Crippen LogP contribution >= 0.6 is 0 Å². The lowest BCUT2D eigenvalue weighted by Crippen LogP contribution is -2.01. The SMILES string of the molecule is O=Cc1ccc(OCc2cc(-c3ccccc3)n(-c3ccccc3)n2)cc1. The first-order chi connectivity index (χ1) is 13.3. The lowest BCUT2D eigenvalue weighted by atomic mass is 10.1. The minimum absolute atomic E-state index is 0.347. The van der Waals surface area contributed by atoms with Crippen LogP contribution in [-0.2, 0) is 6.61 Å². The number of para-hydroxylation sites is 1. The molecule has 0 saturated carbocycles. The van der Waals surface area contributed by atoms with Crippen LogP contribution in [0.3, 0.4) is 0 Å². The molecule has 0 aliphatic rings. The van der Waals surface area contributed by atoms with Crippen molar-refractivity contribution >= 4 is 6.29 Å². The van der Waals surface area contributed by atoms with E-state index < -0.39 is 0 Å². The molecule has 0 unspecified atom stereocenters. The molecule has 3 aromatic carbocycles. The van der Waals surface area contributed by atoms with E-state index in [0.717, 1.165) is 28.9 Å². The van der Waals surface area contributed by atoms with Gasteiger partial charge < -0.3 is 4.74 Å². The number of aldehydes is 1. The summed E-state index contributed by atoms with van der Waals surface area (Å²) in [5.74, 6) is 0.705. The molecule has 4 nitrogen and oxygen atoms in total. The van der Waals surface area contributed by atoms with Crippen LogP contribution in [0.15, 0.2) is 91.0 Å². The van der Waals surface area contributed by atoms with E-state index in [4.69, 9.17) is 9.84 Å². The summed E-state index contributed by atoms with van der Waals surface area (Å²) in [5.41, 5.74) is 4.56. The Morgan fingerprint density at radius 1 is 0.852 bits per heavy atom. The van der Waals surface area contributed by atoms with Gasteiger partial charge in [-0.25, -0.2) is 4.68 Å². The Balaban J connectivity index is 1.63. The zero-order valence-electron chi connectivity index (χ0n) is 14.7. The Morgan fingerprint density at radius 3 is 2.19 bits per heavy atom. The predicted molar refractivity (Wildman–Crippen MR) is 105 cm³/mol. The summed E-state index contributed by atoms with van der Waals surface area (Å²) in [6.07, 6.45) is 0.817. The molecule has 4 rings (SSSR count). The molecule has 0 atom stereocenters. The fraction of sp³-hybridized carbons (Fsp3) is 0.0435. The summed E-state index contributed by atoms with van der Waals surface area (Å²) < 4.78 is 7.77. The zero-order valence-corrected chi connectivity index (χ0v) is 14.7. The molecule has 4 aromatic rings. The normalized spacial score (nSPS) is 10.5. The fourth-order valence-corrected chi connectivity index (χ4v) is 2.88. The van der Waals surface area contributed by atoms with Crippen molar-refractivity contribution in [1.82, 2.24) is 9.78 Å². The molecule has 0 spiro atoms. The fourth-order valence-electron chi connectivity index (χ4n) is 2.88. The average molecular weight is 354 g/mol. The second kappa shape index (κ2) is 7.70. The highest BCUT2D eigenvalue weighted by molar-refractivity contribution is 5.74. The first kappa shape index (κ1) is 16.8. The van der Waals surface area contributed by atoms with E-state index in [1.165, 1.54) is 0 Å². The van der Waals surface area contributed by atoms with Crippen LogP contribution in [0, 0.1) is 0 Å². The van der Waals surface area contributed by atoms with Gasteiger partial charge in [0.1, 0.15) is 24.3 Å². The summed E-state index contributed by atoms with van der Waals surface area (Å²) in [7, 11) is 0. The van der Waals surface area contributed by atoms with Crippen LogP contribution in [0.4, 0.5) is 0 Å². The lowest BCUT2D eigenvalue weighted by Gasteiger charge is -2.07. The van der Waals surface area contributed by atoms with Gasteiger partial charge in [-0.3, -0.25) is 4.79 Å². The number of hydrogen-bond donors (Lipinski definition) is 0. The third kappa shape index (κ3) is 3.80. The molecule has 0 aliphatic carbocycles. The van der Waals surface area contributed by atoms with Crippen LogP contribution in [-0.4, -0.2) is 16.1 Å². The van der Waals surface area contributed by atoms with Crippen molar-refractivity contribution < 1.29 is 9.53 Å². The first-order valence-corrected chi connectivity index (χ1v) is 8.71. The molecule has 27 heavy (non-hydrogen) atoms. The molecular formula is C23H18N2O2. The van der Waals surface area contributed by atoms with Gasteiger partial charge in [-0.1, -0.05) is 48.5 Å². The highest BCUT2D eigenvalue weighted by Crippen LogP contribution is 2.24. The second-order valence-corrected chi connectivity index (χ2v) is 6.11. The minimum atomic E-state index is 0.347. The van der Waals surface area contributed by atoms with Crippen molar-refractivity contribution in [2.24, 2.45) is 0 Å². The van der Waals surface area contributed by atoms with E-state index in [2.05, 4.69) is 12.1 Å². The van der Waals surface area contributed by atoms with Crippen molar-refractivity contribution in [3.8, 4) is 22.7 Å². The minimum Gasteiger partial charge on any atom is -0.487 e. The maximum atomic E-state index is 10.8. The second-order valence-electron chi connectivity index (χ2n) is 6.11. The number of ether oxygens (including phenoxy) is 1. The molecule has 4 heteroatoms. The lowest BCUT2D eigenvalue weighted by molar-refractivity contribution is 0.112. The quantitative estimate of drug-likeness (QED) is 0.461. The van der Waals surface area contributed by atoms with E-state index >= 15 is 0 Å². The number of carbonyl (C=O) groups excluding carboxylic acids is 1. The largest absolute Gasteiger partial charge is 0.487 e. The third-order valence-corrected chi connectivity index (χ3v) is 4.23. The standard InChI is InChI=1S/C23H18N2O2/c26-16-18-11-13-22(14-12-18)27-17-20-15-23(19-7-3-1-4-8-19)25(24-20)21-9-5-2-6-10-21/h1-16H,17H2. The summed E-state index contributed by atoms with van der Waals surface area (Å²) in [5, 5.41) is 4.74. The Morgan fingerprint density at radius 2 is 1.52 bits per heavy atom. The van der Waals surface area contributed by atoms with Crippen LogP contribution in [0.2, 0.25) is 0 Å². The van der Waals surface area contributed by atoms with Crippen LogP contribution in [0.5, 0.6) is 5.75 Å². The highest BCUT2D eigenvalue weighted by Gasteiger charge is 2.12. The molecule has 0 bridgehead atoms. The number of hydrogen-bond acceptors (Lipinski definition) is 3. The van der Waals surface area contributed by atoms with Gasteiger partial charge >= 0.3 is 0 Å². The monoisotopic (exact) mass is 354 g/mol. The summed E-state index contributed by atoms with van der Waals surface area (Å²) in [6, 6.07) is 29.3. The Kier molecular flexibility index (Phi) is 4.79. The molecule has 0 N–H and O–H groups in total. The Labute approximate surface area is 157 Å². The molecular weight excluding hydrogens is 336 g/mol. The molecule has 0 aliphatic heterocycles. The van der Waals surface area contributed by atoms with E-state index in [-0.39, 0.29) is 0 Å². The molecule has 0 radical (unpaired) electrons. The van der Waals surface area contributed by atoms with Gasteiger partial charge in [0, 0.05) is 11.1 Å². The van der Waals surface area contributed by atoms with Crippen molar-refractivity contribution in [3.05, 3.63) is 102 Å². The maximum absolute atomic E-state index is 10.8. The number of rotatable bonds is 6. The van der Waals surface area contributed by atoms with Gasteiger partial charge in [-0.2, -0.15) is 5.10 Å². The van der Waals surface area contributed by atoms with Gasteiger partial charge in [0.2, 0.25) is 0 Å². The van der Waals surface area contributed by atoms with Gasteiger partial charge in [0.25, 0.3) is 0 Å². The molecule has 132 valence electrons. The molecule has 1 aromatic heterocycles. The zero-order chi connectivity index (χ0) is 18.5. The van der Waals surface area contributed by atoms with Crippen molar-refractivity contribution in [2.45, 2.75) is 6.61 Å². The summed E-state index contributed by atoms with van der Waals surface area (Å²) in [4.78, 5) is 10.8. The van der Waals surface area contributed by atoms with Crippen LogP contribution < -0.4 is 4.74 Å². The van der Waals surface area contributed by atoms with Crippen LogP contribution in [0.25, 0.3) is 16.9 Å². The predicted octanol–water partition coefficient (Wildman–Crippen LogP) is 4.93.